The summed E-state index contributed by atoms with van der Waals surface area (Å²) in [4.78, 5) is 35.0. The zero-order chi connectivity index (χ0) is 32.5. The van der Waals surface area contributed by atoms with E-state index in [1.165, 1.54) is 25.3 Å². The molecule has 236 valence electrons. The molecule has 12 heteroatoms. The normalized spacial score (nSPS) is 14.5. The van der Waals surface area contributed by atoms with E-state index < -0.39 is 23.2 Å². The molecule has 1 atom stereocenters. The van der Waals surface area contributed by atoms with E-state index in [0.717, 1.165) is 6.42 Å². The SMILES string of the molecule is CCOc1c(CC(N)=O)cc([C@@](O)(CNC(=O)c2cc(OC)c3nc(C)c(Cl)cc3c2)C2CCC2)nc1-c1ccc(F)c(Cl)c1. The molecule has 2 aromatic heterocycles. The minimum absolute atomic E-state index is 0.127. The van der Waals surface area contributed by atoms with Gasteiger partial charge in [-0.3, -0.25) is 9.59 Å². The molecule has 5 rings (SSSR count). The molecule has 45 heavy (non-hydrogen) atoms. The Morgan fingerprint density at radius 2 is 1.89 bits per heavy atom. The van der Waals surface area contributed by atoms with Gasteiger partial charge in [-0.15, -0.1) is 0 Å². The summed E-state index contributed by atoms with van der Waals surface area (Å²) in [6, 6.07) is 10.6. The third kappa shape index (κ3) is 6.54. The highest BCUT2D eigenvalue weighted by molar-refractivity contribution is 6.32. The number of primary amides is 1. The van der Waals surface area contributed by atoms with E-state index >= 15 is 0 Å². The van der Waals surface area contributed by atoms with E-state index in [0.29, 0.717) is 51.3 Å². The van der Waals surface area contributed by atoms with E-state index in [2.05, 4.69) is 10.3 Å². The Balaban J connectivity index is 1.57. The lowest BCUT2D eigenvalue weighted by Gasteiger charge is -2.41. The predicted molar refractivity (Wildman–Crippen MR) is 170 cm³/mol. The number of methoxy groups -OCH3 is 1. The summed E-state index contributed by atoms with van der Waals surface area (Å²) in [5, 5.41) is 16.1. The van der Waals surface area contributed by atoms with Crippen LogP contribution >= 0.6 is 23.2 Å². The van der Waals surface area contributed by atoms with Gasteiger partial charge < -0.3 is 25.6 Å². The van der Waals surface area contributed by atoms with Gasteiger partial charge >= 0.3 is 0 Å². The standard InChI is InChI=1S/C33H33Cl2FN4O5/c1-4-45-31-20(15-28(37)41)14-27(40-30(31)18-8-9-25(36)24(35)11-18)33(43,22-6-5-7-22)16-38-32(42)21-10-19-12-23(34)17(2)39-29(19)26(13-21)44-3/h8-14,22,43H,4-7,15-16H2,1-3H3,(H2,37,41)(H,38,42)/t33-/m1/s1. The number of rotatable bonds is 11. The van der Waals surface area contributed by atoms with E-state index in [9.17, 15) is 19.1 Å². The predicted octanol–water partition coefficient (Wildman–Crippen LogP) is 5.90. The molecule has 1 aliphatic carbocycles. The molecule has 0 radical (unpaired) electrons. The number of fused-ring (bicyclic) bond motifs is 1. The average Bonchev–Trinajstić information content (AvgIpc) is 2.97. The van der Waals surface area contributed by atoms with E-state index in [-0.39, 0.29) is 53.2 Å². The number of aliphatic hydroxyl groups is 1. The number of amides is 2. The lowest BCUT2D eigenvalue weighted by atomic mass is 9.70. The van der Waals surface area contributed by atoms with Crippen molar-refractivity contribution in [1.29, 1.82) is 0 Å². The van der Waals surface area contributed by atoms with Crippen LogP contribution in [-0.2, 0) is 16.8 Å². The molecule has 1 aliphatic rings. The van der Waals surface area contributed by atoms with Crippen LogP contribution in [0.4, 0.5) is 4.39 Å². The van der Waals surface area contributed by atoms with Crippen LogP contribution in [0.15, 0.2) is 42.5 Å². The topological polar surface area (TPSA) is 137 Å². The first kappa shape index (κ1) is 32.4. The first-order valence-electron chi connectivity index (χ1n) is 14.5. The van der Waals surface area contributed by atoms with Gasteiger partial charge in [-0.05, 0) is 75.1 Å². The second-order valence-corrected chi connectivity index (χ2v) is 11.9. The van der Waals surface area contributed by atoms with Crippen LogP contribution in [0, 0.1) is 18.7 Å². The first-order chi connectivity index (χ1) is 21.4. The average molecular weight is 656 g/mol. The highest BCUT2D eigenvalue weighted by Crippen LogP contribution is 2.44. The quantitative estimate of drug-likeness (QED) is 0.183. The molecule has 1 saturated carbocycles. The number of halogens is 3. The van der Waals surface area contributed by atoms with Crippen LogP contribution in [0.1, 0.15) is 53.5 Å². The van der Waals surface area contributed by atoms with Gasteiger partial charge in [0.15, 0.2) is 0 Å². The molecule has 1 fully saturated rings. The van der Waals surface area contributed by atoms with Gasteiger partial charge in [0, 0.05) is 22.1 Å². The summed E-state index contributed by atoms with van der Waals surface area (Å²) in [6.07, 6.45) is 2.07. The fourth-order valence-corrected chi connectivity index (χ4v) is 5.87. The fourth-order valence-electron chi connectivity index (χ4n) is 5.53. The van der Waals surface area contributed by atoms with Crippen LogP contribution < -0.4 is 20.5 Å². The van der Waals surface area contributed by atoms with E-state index in [1.54, 1.807) is 38.1 Å². The summed E-state index contributed by atoms with van der Waals surface area (Å²) < 4.78 is 25.5. The van der Waals surface area contributed by atoms with Gasteiger partial charge in [-0.2, -0.15) is 0 Å². The number of hydrogen-bond donors (Lipinski definition) is 3. The number of pyridine rings is 2. The van der Waals surface area contributed by atoms with Crippen molar-refractivity contribution < 1.29 is 28.6 Å². The van der Waals surface area contributed by atoms with Gasteiger partial charge in [-0.25, -0.2) is 14.4 Å². The summed E-state index contributed by atoms with van der Waals surface area (Å²) in [5.74, 6) is -1.26. The fraction of sp³-hybridized carbons (Fsp3) is 0.333. The van der Waals surface area contributed by atoms with E-state index in [1.807, 2.05) is 0 Å². The third-order valence-corrected chi connectivity index (χ3v) is 8.81. The lowest BCUT2D eigenvalue weighted by Crippen LogP contribution is -2.49. The van der Waals surface area contributed by atoms with Gasteiger partial charge in [0.25, 0.3) is 5.91 Å². The van der Waals surface area contributed by atoms with Crippen LogP contribution in [0.3, 0.4) is 0 Å². The van der Waals surface area contributed by atoms with Crippen molar-refractivity contribution in [2.45, 2.75) is 45.1 Å². The smallest absolute Gasteiger partial charge is 0.251 e. The number of nitrogens with two attached hydrogens (primary N) is 1. The molecule has 2 amide bonds. The summed E-state index contributed by atoms with van der Waals surface area (Å²) >= 11 is 12.4. The van der Waals surface area contributed by atoms with E-state index in [4.69, 9.17) is 43.4 Å². The van der Waals surface area contributed by atoms with Crippen molar-refractivity contribution >= 4 is 45.9 Å². The second kappa shape index (κ2) is 13.2. The van der Waals surface area contributed by atoms with Crippen LogP contribution in [0.25, 0.3) is 22.2 Å². The molecule has 4 aromatic rings. The number of aromatic nitrogens is 2. The number of hydrogen-bond acceptors (Lipinski definition) is 7. The van der Waals surface area contributed by atoms with Crippen molar-refractivity contribution in [1.82, 2.24) is 15.3 Å². The maximum Gasteiger partial charge on any atom is 0.251 e. The van der Waals surface area contributed by atoms with Crippen molar-refractivity contribution in [3.8, 4) is 22.8 Å². The summed E-state index contributed by atoms with van der Waals surface area (Å²) in [7, 11) is 1.49. The molecule has 0 bridgehead atoms. The monoisotopic (exact) mass is 654 g/mol. The van der Waals surface area contributed by atoms with Crippen LogP contribution in [0.2, 0.25) is 10.0 Å². The Morgan fingerprint density at radius 3 is 2.51 bits per heavy atom. The van der Waals surface area contributed by atoms with Crippen molar-refractivity contribution in [2.24, 2.45) is 11.7 Å². The Hall–Kier alpha value is -3.99. The molecule has 0 aliphatic heterocycles. The van der Waals surface area contributed by atoms with Crippen molar-refractivity contribution in [3.63, 3.8) is 0 Å². The number of aryl methyl sites for hydroxylation is 1. The number of ether oxygens (including phenoxy) is 2. The maximum atomic E-state index is 14.1. The molecule has 2 heterocycles. The van der Waals surface area contributed by atoms with Crippen molar-refractivity contribution in [3.05, 3.63) is 80.8 Å². The Kier molecular flexibility index (Phi) is 9.48. The molecular formula is C33H33Cl2FN4O5. The number of carbonyl (C=O) groups is 2. The first-order valence-corrected chi connectivity index (χ1v) is 15.3. The largest absolute Gasteiger partial charge is 0.494 e. The highest BCUT2D eigenvalue weighted by Gasteiger charge is 2.44. The number of nitrogens with zero attached hydrogens (tertiary/aromatic N) is 2. The molecule has 0 spiro atoms. The Morgan fingerprint density at radius 1 is 1.13 bits per heavy atom. The third-order valence-electron chi connectivity index (χ3n) is 8.13. The molecule has 2 aromatic carbocycles. The van der Waals surface area contributed by atoms with Crippen molar-refractivity contribution in [2.75, 3.05) is 20.3 Å². The second-order valence-electron chi connectivity index (χ2n) is 11.1. The molecular weight excluding hydrogens is 622 g/mol. The number of carbonyl (C=O) groups excluding carboxylic acids is 2. The molecule has 4 N–H and O–H groups in total. The number of benzene rings is 2. The minimum atomic E-state index is -1.63. The minimum Gasteiger partial charge on any atom is -0.494 e. The zero-order valence-electron chi connectivity index (χ0n) is 25.0. The van der Waals surface area contributed by atoms with Crippen LogP contribution in [0.5, 0.6) is 11.5 Å². The lowest BCUT2D eigenvalue weighted by molar-refractivity contribution is -0.117. The van der Waals surface area contributed by atoms with Gasteiger partial charge in [0.05, 0.1) is 48.1 Å². The zero-order valence-corrected chi connectivity index (χ0v) is 26.6. The van der Waals surface area contributed by atoms with Crippen LogP contribution in [-0.4, -0.2) is 47.2 Å². The highest BCUT2D eigenvalue weighted by atomic mass is 35.5. The summed E-state index contributed by atoms with van der Waals surface area (Å²) in [6.45, 7) is 3.61. The number of nitrogens with one attached hydrogen (secondary N) is 1. The Bertz CT molecular complexity index is 1800. The molecule has 9 nitrogen and oxygen atoms in total. The van der Waals surface area contributed by atoms with Gasteiger partial charge in [0.1, 0.15) is 34.1 Å². The molecule has 0 unspecified atom stereocenters. The Labute approximate surface area is 269 Å². The summed E-state index contributed by atoms with van der Waals surface area (Å²) in [5.41, 5.74) is 6.73. The maximum absolute atomic E-state index is 14.1. The molecule has 0 saturated heterocycles. The van der Waals surface area contributed by atoms with Gasteiger partial charge in [0.2, 0.25) is 5.91 Å². The van der Waals surface area contributed by atoms with Gasteiger partial charge in [-0.1, -0.05) is 29.6 Å².